The van der Waals surface area contributed by atoms with Gasteiger partial charge in [0.2, 0.25) is 11.4 Å². The summed E-state index contributed by atoms with van der Waals surface area (Å²) in [5.74, 6) is -0.308. The summed E-state index contributed by atoms with van der Waals surface area (Å²) < 4.78 is 81.7. The lowest BCUT2D eigenvalue weighted by Gasteiger charge is -2.43. The van der Waals surface area contributed by atoms with Gasteiger partial charge in [0, 0.05) is 10.1 Å². The molecule has 1 aliphatic heterocycles. The van der Waals surface area contributed by atoms with E-state index >= 15 is 0 Å². The van der Waals surface area contributed by atoms with E-state index in [4.69, 9.17) is 5.73 Å². The summed E-state index contributed by atoms with van der Waals surface area (Å²) in [4.78, 5) is 15.3. The van der Waals surface area contributed by atoms with Gasteiger partial charge in [-0.15, -0.1) is 11.8 Å². The standard InChI is InChI=1S/C26H24F6N2OS/c1-16-23(18-10-6-3-7-11-18)34(22(35)14-17-8-4-2-5-9-17)20-13-12-19(15-21(20)36-16)24(33,25(27,28)29)26(30,31)32/h2,4-6,8-13,15-16,23H,3,7,14,33H2,1H3. The topological polar surface area (TPSA) is 46.3 Å². The van der Waals surface area contributed by atoms with Gasteiger partial charge in [0.25, 0.3) is 0 Å². The van der Waals surface area contributed by atoms with Gasteiger partial charge in [0.15, 0.2) is 0 Å². The first-order valence-electron chi connectivity index (χ1n) is 11.3. The van der Waals surface area contributed by atoms with Gasteiger partial charge in [-0.05, 0) is 41.7 Å². The minimum Gasteiger partial charge on any atom is -0.306 e. The molecule has 2 aromatic rings. The molecule has 0 radical (unpaired) electrons. The van der Waals surface area contributed by atoms with Crippen LogP contribution in [0.3, 0.4) is 0 Å². The molecule has 2 N–H and O–H groups in total. The third-order valence-electron chi connectivity index (χ3n) is 6.44. The normalized spacial score (nSPS) is 20.7. The molecule has 0 saturated heterocycles. The molecule has 2 aromatic carbocycles. The van der Waals surface area contributed by atoms with Crippen LogP contribution in [0.5, 0.6) is 0 Å². The average molecular weight is 527 g/mol. The molecule has 2 atom stereocenters. The molecule has 1 amide bonds. The summed E-state index contributed by atoms with van der Waals surface area (Å²) in [6.45, 7) is 1.81. The number of thioether (sulfide) groups is 1. The quantitative estimate of drug-likeness (QED) is 0.452. The molecule has 1 heterocycles. The van der Waals surface area contributed by atoms with Crippen LogP contribution >= 0.6 is 11.8 Å². The number of hydrogen-bond acceptors (Lipinski definition) is 3. The van der Waals surface area contributed by atoms with E-state index in [-0.39, 0.29) is 28.2 Å². The van der Waals surface area contributed by atoms with Crippen molar-refractivity contribution in [3.63, 3.8) is 0 Å². The zero-order chi connectivity index (χ0) is 26.3. The fourth-order valence-electron chi connectivity index (χ4n) is 4.58. The van der Waals surface area contributed by atoms with Crippen molar-refractivity contribution in [2.24, 2.45) is 5.73 Å². The predicted octanol–water partition coefficient (Wildman–Crippen LogP) is 6.68. The van der Waals surface area contributed by atoms with Gasteiger partial charge in [-0.2, -0.15) is 26.3 Å². The smallest absolute Gasteiger partial charge is 0.306 e. The molecule has 192 valence electrons. The van der Waals surface area contributed by atoms with E-state index in [1.165, 1.54) is 4.90 Å². The van der Waals surface area contributed by atoms with Crippen LogP contribution in [0.2, 0.25) is 0 Å². The lowest BCUT2D eigenvalue weighted by molar-refractivity contribution is -0.301. The van der Waals surface area contributed by atoms with Gasteiger partial charge in [-0.3, -0.25) is 4.79 Å². The first-order valence-corrected chi connectivity index (χ1v) is 12.2. The molecule has 0 saturated carbocycles. The maximum Gasteiger partial charge on any atom is 0.419 e. The Bertz CT molecular complexity index is 1180. The highest BCUT2D eigenvalue weighted by molar-refractivity contribution is 8.00. The predicted molar refractivity (Wildman–Crippen MR) is 128 cm³/mol. The van der Waals surface area contributed by atoms with Crippen molar-refractivity contribution in [2.75, 3.05) is 4.90 Å². The second-order valence-electron chi connectivity index (χ2n) is 8.86. The summed E-state index contributed by atoms with van der Waals surface area (Å²) in [5.41, 5.74) is 1.26. The molecule has 10 heteroatoms. The van der Waals surface area contributed by atoms with Gasteiger partial charge >= 0.3 is 12.4 Å². The highest BCUT2D eigenvalue weighted by Gasteiger charge is 2.69. The Morgan fingerprint density at radius 1 is 1.03 bits per heavy atom. The number of nitrogens with two attached hydrogens (primary N) is 1. The van der Waals surface area contributed by atoms with Crippen molar-refractivity contribution >= 4 is 23.4 Å². The maximum absolute atomic E-state index is 13.6. The Balaban J connectivity index is 1.83. The lowest BCUT2D eigenvalue weighted by Crippen LogP contribution is -2.60. The van der Waals surface area contributed by atoms with Crippen LogP contribution in [0.15, 0.2) is 77.2 Å². The van der Waals surface area contributed by atoms with Crippen molar-refractivity contribution in [1.82, 2.24) is 0 Å². The second kappa shape index (κ2) is 9.63. The van der Waals surface area contributed by atoms with E-state index < -0.39 is 29.5 Å². The molecule has 36 heavy (non-hydrogen) atoms. The number of hydrogen-bond donors (Lipinski definition) is 1. The van der Waals surface area contributed by atoms with Crippen molar-refractivity contribution in [3.8, 4) is 0 Å². The largest absolute Gasteiger partial charge is 0.419 e. The van der Waals surface area contributed by atoms with Gasteiger partial charge in [-0.1, -0.05) is 61.5 Å². The minimum absolute atomic E-state index is 0.0266. The van der Waals surface area contributed by atoms with E-state index in [9.17, 15) is 31.1 Å². The Morgan fingerprint density at radius 2 is 1.69 bits per heavy atom. The van der Waals surface area contributed by atoms with E-state index in [1.54, 1.807) is 31.2 Å². The summed E-state index contributed by atoms with van der Waals surface area (Å²) in [6, 6.07) is 11.2. The molecule has 0 aromatic heterocycles. The summed E-state index contributed by atoms with van der Waals surface area (Å²) >= 11 is 1.13. The number of fused-ring (bicyclic) bond motifs is 1. The van der Waals surface area contributed by atoms with Crippen LogP contribution in [0.25, 0.3) is 0 Å². The molecule has 3 nitrogen and oxygen atoms in total. The third kappa shape index (κ3) is 4.68. The van der Waals surface area contributed by atoms with Crippen molar-refractivity contribution < 1.29 is 31.1 Å². The number of alkyl halides is 6. The maximum atomic E-state index is 13.6. The number of nitrogens with zero attached hydrogens (tertiary/aromatic N) is 1. The first kappa shape index (κ1) is 26.3. The monoisotopic (exact) mass is 526 g/mol. The molecular weight excluding hydrogens is 502 g/mol. The fraction of sp³-hybridized carbons (Fsp3) is 0.346. The number of carbonyl (C=O) groups excluding carboxylic acids is 1. The third-order valence-corrected chi connectivity index (χ3v) is 7.65. The number of carbonyl (C=O) groups is 1. The molecule has 1 aliphatic carbocycles. The molecule has 0 spiro atoms. The summed E-state index contributed by atoms with van der Waals surface area (Å²) in [5, 5.41) is -0.342. The van der Waals surface area contributed by atoms with E-state index in [0.29, 0.717) is 0 Å². The van der Waals surface area contributed by atoms with Gasteiger partial charge in [0.1, 0.15) is 0 Å². The van der Waals surface area contributed by atoms with Crippen LogP contribution in [-0.2, 0) is 16.8 Å². The number of benzene rings is 2. The number of halogens is 6. The van der Waals surface area contributed by atoms with E-state index in [1.807, 2.05) is 24.3 Å². The van der Waals surface area contributed by atoms with Crippen LogP contribution in [0, 0.1) is 0 Å². The molecule has 4 rings (SSSR count). The number of rotatable bonds is 4. The van der Waals surface area contributed by atoms with Gasteiger partial charge in [-0.25, -0.2) is 0 Å². The number of amides is 1. The Labute approximate surface area is 209 Å². The minimum atomic E-state index is -5.77. The zero-order valence-corrected chi connectivity index (χ0v) is 20.1. The highest BCUT2D eigenvalue weighted by atomic mass is 32.2. The Kier molecular flexibility index (Phi) is 7.04. The number of anilines is 1. The average Bonchev–Trinajstić information content (AvgIpc) is 2.82. The molecule has 2 aliphatic rings. The van der Waals surface area contributed by atoms with Gasteiger partial charge < -0.3 is 10.6 Å². The fourth-order valence-corrected chi connectivity index (χ4v) is 5.87. The zero-order valence-electron chi connectivity index (χ0n) is 19.2. The van der Waals surface area contributed by atoms with Crippen LogP contribution in [0.4, 0.5) is 32.0 Å². The second-order valence-corrected chi connectivity index (χ2v) is 10.3. The van der Waals surface area contributed by atoms with Crippen molar-refractivity contribution in [2.45, 2.75) is 60.3 Å². The van der Waals surface area contributed by atoms with Crippen molar-refractivity contribution in [1.29, 1.82) is 0 Å². The number of allylic oxidation sites excluding steroid dienone is 2. The summed E-state index contributed by atoms with van der Waals surface area (Å²) in [7, 11) is 0. The first-order chi connectivity index (χ1) is 16.8. The summed E-state index contributed by atoms with van der Waals surface area (Å²) in [6.07, 6.45) is -3.96. The van der Waals surface area contributed by atoms with Crippen LogP contribution in [-0.4, -0.2) is 29.6 Å². The highest BCUT2D eigenvalue weighted by Crippen LogP contribution is 2.51. The molecule has 0 fully saturated rings. The van der Waals surface area contributed by atoms with E-state index in [0.717, 1.165) is 53.9 Å². The lowest BCUT2D eigenvalue weighted by atomic mass is 9.88. The van der Waals surface area contributed by atoms with Crippen LogP contribution in [0.1, 0.15) is 30.9 Å². The Morgan fingerprint density at radius 3 is 2.28 bits per heavy atom. The Hall–Kier alpha value is -2.72. The molecule has 0 bridgehead atoms. The SMILES string of the molecule is CC1Sc2cc(C(N)(C(F)(F)F)C(F)(F)F)ccc2N(C(=O)Cc2ccccc2)C1C1=CCCC=C1. The van der Waals surface area contributed by atoms with Crippen molar-refractivity contribution in [3.05, 3.63) is 83.5 Å². The van der Waals surface area contributed by atoms with Gasteiger partial charge in [0.05, 0.1) is 18.2 Å². The van der Waals surface area contributed by atoms with E-state index in [2.05, 4.69) is 0 Å². The molecular formula is C26H24F6N2OS. The molecule has 2 unspecified atom stereocenters. The van der Waals surface area contributed by atoms with Crippen LogP contribution < -0.4 is 10.6 Å².